The molecule has 0 spiro atoms. The number of methoxy groups -OCH3 is 1. The molecular formula is C13H23NO3Si. The Labute approximate surface area is 111 Å². The first-order valence-electron chi connectivity index (χ1n) is 6.27. The summed E-state index contributed by atoms with van der Waals surface area (Å²) in [5, 5.41) is 0. The average Bonchev–Trinajstić information content (AvgIpc) is 2.68. The maximum atomic E-state index is 11.8. The van der Waals surface area contributed by atoms with E-state index < -0.39 is 8.07 Å². The molecule has 0 radical (unpaired) electrons. The van der Waals surface area contributed by atoms with Crippen molar-refractivity contribution in [3.05, 3.63) is 0 Å². The van der Waals surface area contributed by atoms with E-state index in [9.17, 15) is 4.79 Å². The van der Waals surface area contributed by atoms with Crippen LogP contribution in [-0.2, 0) is 9.47 Å². The molecule has 1 aliphatic heterocycles. The van der Waals surface area contributed by atoms with E-state index in [4.69, 9.17) is 9.47 Å². The van der Waals surface area contributed by atoms with Gasteiger partial charge in [-0.3, -0.25) is 4.90 Å². The van der Waals surface area contributed by atoms with Gasteiger partial charge < -0.3 is 9.47 Å². The van der Waals surface area contributed by atoms with E-state index in [0.29, 0.717) is 6.61 Å². The summed E-state index contributed by atoms with van der Waals surface area (Å²) in [6.07, 6.45) is -0.598. The Balaban J connectivity index is 2.91. The van der Waals surface area contributed by atoms with E-state index in [1.807, 2.05) is 13.8 Å². The maximum Gasteiger partial charge on any atom is 0.412 e. The van der Waals surface area contributed by atoms with Crippen molar-refractivity contribution >= 4 is 14.2 Å². The summed E-state index contributed by atoms with van der Waals surface area (Å²) in [7, 11) is -0.0540. The van der Waals surface area contributed by atoms with Crippen LogP contribution in [0.3, 0.4) is 0 Å². The lowest BCUT2D eigenvalue weighted by molar-refractivity contribution is -0.000903. The van der Waals surface area contributed by atoms with Gasteiger partial charge in [-0.15, -0.1) is 5.54 Å². The molecule has 1 rings (SSSR count). The number of amides is 1. The van der Waals surface area contributed by atoms with Gasteiger partial charge >= 0.3 is 6.09 Å². The highest BCUT2D eigenvalue weighted by atomic mass is 28.3. The van der Waals surface area contributed by atoms with Gasteiger partial charge in [0.1, 0.15) is 20.3 Å². The maximum absolute atomic E-state index is 11.8. The van der Waals surface area contributed by atoms with Crippen molar-refractivity contribution in [2.75, 3.05) is 13.7 Å². The molecule has 1 amide bonds. The van der Waals surface area contributed by atoms with Crippen molar-refractivity contribution in [1.29, 1.82) is 0 Å². The first kappa shape index (κ1) is 15.1. The molecule has 1 saturated heterocycles. The second-order valence-corrected chi connectivity index (χ2v) is 10.6. The summed E-state index contributed by atoms with van der Waals surface area (Å²) in [4.78, 5) is 13.5. The molecule has 2 atom stereocenters. The average molecular weight is 269 g/mol. The predicted molar refractivity (Wildman–Crippen MR) is 73.7 cm³/mol. The molecule has 102 valence electrons. The Morgan fingerprint density at radius 3 is 2.50 bits per heavy atom. The van der Waals surface area contributed by atoms with Gasteiger partial charge in [0.05, 0.1) is 13.7 Å². The number of carbonyl (C=O) groups is 1. The van der Waals surface area contributed by atoms with Crippen molar-refractivity contribution in [2.45, 2.75) is 45.8 Å². The summed E-state index contributed by atoms with van der Waals surface area (Å²) < 4.78 is 10.5. The van der Waals surface area contributed by atoms with Gasteiger partial charge in [-0.05, 0) is 5.92 Å². The highest BCUT2D eigenvalue weighted by Gasteiger charge is 2.39. The van der Waals surface area contributed by atoms with Crippen molar-refractivity contribution in [1.82, 2.24) is 4.90 Å². The molecule has 1 fully saturated rings. The number of carbonyl (C=O) groups excluding carboxylic acids is 1. The molecule has 0 aromatic heterocycles. The predicted octanol–water partition coefficient (Wildman–Crippen LogP) is 2.32. The number of hydrogen-bond acceptors (Lipinski definition) is 3. The fourth-order valence-electron chi connectivity index (χ4n) is 1.79. The van der Waals surface area contributed by atoms with Crippen LogP contribution in [0.5, 0.6) is 0 Å². The Kier molecular flexibility index (Phi) is 4.82. The first-order chi connectivity index (χ1) is 8.26. The van der Waals surface area contributed by atoms with Crippen LogP contribution in [0.2, 0.25) is 19.6 Å². The van der Waals surface area contributed by atoms with Crippen LogP contribution in [0.1, 0.15) is 13.8 Å². The smallest absolute Gasteiger partial charge is 0.412 e. The summed E-state index contributed by atoms with van der Waals surface area (Å²) in [6.45, 7) is 11.0. The molecule has 0 saturated carbocycles. The van der Waals surface area contributed by atoms with Gasteiger partial charge in [-0.2, -0.15) is 0 Å². The zero-order valence-corrected chi connectivity index (χ0v) is 13.1. The van der Waals surface area contributed by atoms with Crippen molar-refractivity contribution in [3.63, 3.8) is 0 Å². The van der Waals surface area contributed by atoms with Gasteiger partial charge in [-0.25, -0.2) is 4.79 Å². The minimum atomic E-state index is -1.44. The molecule has 2 unspecified atom stereocenters. The number of nitrogens with zero attached hydrogens (tertiary/aromatic N) is 1. The van der Waals surface area contributed by atoms with Gasteiger partial charge in [-0.1, -0.05) is 39.4 Å². The molecule has 1 heterocycles. The van der Waals surface area contributed by atoms with E-state index in [2.05, 4.69) is 31.1 Å². The first-order valence-corrected chi connectivity index (χ1v) is 9.77. The van der Waals surface area contributed by atoms with E-state index in [-0.39, 0.29) is 24.3 Å². The van der Waals surface area contributed by atoms with Gasteiger partial charge in [0.2, 0.25) is 0 Å². The fourth-order valence-corrected chi connectivity index (χ4v) is 2.39. The molecule has 0 aliphatic carbocycles. The Morgan fingerprint density at radius 2 is 2.06 bits per heavy atom. The van der Waals surface area contributed by atoms with Crippen LogP contribution in [0.4, 0.5) is 4.79 Å². The summed E-state index contributed by atoms with van der Waals surface area (Å²) in [5.41, 5.74) is 3.29. The lowest BCUT2D eigenvalue weighted by atomic mass is 10.1. The second kappa shape index (κ2) is 5.76. The van der Waals surface area contributed by atoms with Crippen LogP contribution in [0, 0.1) is 17.4 Å². The second-order valence-electron chi connectivity index (χ2n) is 5.88. The van der Waals surface area contributed by atoms with E-state index >= 15 is 0 Å². The minimum Gasteiger partial charge on any atom is -0.453 e. The van der Waals surface area contributed by atoms with Crippen LogP contribution in [0.25, 0.3) is 0 Å². The van der Waals surface area contributed by atoms with Gasteiger partial charge in [0.25, 0.3) is 0 Å². The summed E-state index contributed by atoms with van der Waals surface area (Å²) >= 11 is 0. The largest absolute Gasteiger partial charge is 0.453 e. The molecule has 5 heteroatoms. The van der Waals surface area contributed by atoms with Crippen LogP contribution >= 0.6 is 0 Å². The summed E-state index contributed by atoms with van der Waals surface area (Å²) in [5.74, 6) is 3.41. The third kappa shape index (κ3) is 3.75. The third-order valence-electron chi connectivity index (χ3n) is 2.60. The number of ether oxygens (including phenoxy) is 2. The Morgan fingerprint density at radius 1 is 1.44 bits per heavy atom. The molecule has 0 aromatic carbocycles. The highest BCUT2D eigenvalue weighted by Crippen LogP contribution is 2.23. The SMILES string of the molecule is COC(=O)N1C(C#C[Si](C)(C)C)COC1C(C)C. The van der Waals surface area contributed by atoms with Crippen LogP contribution in [-0.4, -0.2) is 45.1 Å². The Hall–Kier alpha value is -0.993. The molecule has 18 heavy (non-hydrogen) atoms. The quantitative estimate of drug-likeness (QED) is 0.541. The van der Waals surface area contributed by atoms with E-state index in [0.717, 1.165) is 0 Å². The zero-order valence-electron chi connectivity index (χ0n) is 12.1. The third-order valence-corrected chi connectivity index (χ3v) is 3.50. The normalized spacial score (nSPS) is 23.8. The monoisotopic (exact) mass is 269 g/mol. The van der Waals surface area contributed by atoms with Crippen molar-refractivity contribution < 1.29 is 14.3 Å². The van der Waals surface area contributed by atoms with Crippen LogP contribution in [0.15, 0.2) is 0 Å². The standard InChI is InChI=1S/C13H23NO3Si/c1-10(2)12-14(13(15)16-3)11(9-17-12)7-8-18(4,5)6/h10-12H,9H2,1-6H3. The number of hydrogen-bond donors (Lipinski definition) is 0. The lowest BCUT2D eigenvalue weighted by Crippen LogP contribution is -2.43. The highest BCUT2D eigenvalue weighted by molar-refractivity contribution is 6.83. The van der Waals surface area contributed by atoms with E-state index in [1.165, 1.54) is 7.11 Å². The van der Waals surface area contributed by atoms with Gasteiger partial charge in [0.15, 0.2) is 0 Å². The van der Waals surface area contributed by atoms with Crippen molar-refractivity contribution in [2.24, 2.45) is 5.92 Å². The number of rotatable bonds is 1. The zero-order chi connectivity index (χ0) is 13.9. The molecule has 1 aliphatic rings. The molecular weight excluding hydrogens is 246 g/mol. The minimum absolute atomic E-state index is 0.184. The summed E-state index contributed by atoms with van der Waals surface area (Å²) in [6, 6.07) is -0.184. The van der Waals surface area contributed by atoms with Crippen LogP contribution < -0.4 is 0 Å². The Bertz CT molecular complexity index is 365. The topological polar surface area (TPSA) is 38.8 Å². The molecule has 0 bridgehead atoms. The molecule has 0 aromatic rings. The van der Waals surface area contributed by atoms with Gasteiger partial charge in [0, 0.05) is 0 Å². The van der Waals surface area contributed by atoms with E-state index in [1.54, 1.807) is 4.90 Å². The lowest BCUT2D eigenvalue weighted by Gasteiger charge is -2.26. The fraction of sp³-hybridized carbons (Fsp3) is 0.769. The van der Waals surface area contributed by atoms with Crippen molar-refractivity contribution in [3.8, 4) is 11.5 Å². The molecule has 4 nitrogen and oxygen atoms in total. The molecule has 0 N–H and O–H groups in total.